The lowest BCUT2D eigenvalue weighted by atomic mass is 9.84. The van der Waals surface area contributed by atoms with Gasteiger partial charge in [-0.05, 0) is 38.7 Å². The number of esters is 1. The molecule has 21 heavy (non-hydrogen) atoms. The van der Waals surface area contributed by atoms with E-state index < -0.39 is 6.17 Å². The van der Waals surface area contributed by atoms with Crippen molar-refractivity contribution in [2.24, 2.45) is 5.92 Å². The number of hydrogen-bond donors (Lipinski definition) is 1. The Morgan fingerprint density at radius 1 is 1.38 bits per heavy atom. The molecule has 2 rings (SSSR count). The molecule has 1 aromatic carbocycles. The van der Waals surface area contributed by atoms with Gasteiger partial charge < -0.3 is 10.1 Å². The van der Waals surface area contributed by atoms with E-state index >= 15 is 0 Å². The Kier molecular flexibility index (Phi) is 5.74. The minimum atomic E-state index is -1.00. The molecule has 0 radical (unpaired) electrons. The molecule has 4 heteroatoms. The number of ether oxygens (including phenoxy) is 1. The first-order chi connectivity index (χ1) is 10.1. The normalized spacial score (nSPS) is 27.1. The lowest BCUT2D eigenvalue weighted by Gasteiger charge is -2.33. The average molecular weight is 293 g/mol. The molecule has 0 amide bonds. The molecule has 4 atom stereocenters. The molecule has 1 N–H and O–H groups in total. The van der Waals surface area contributed by atoms with Crippen LogP contribution in [-0.2, 0) is 9.53 Å². The molecule has 0 heterocycles. The van der Waals surface area contributed by atoms with Crippen molar-refractivity contribution in [2.45, 2.75) is 51.4 Å². The highest BCUT2D eigenvalue weighted by Gasteiger charge is 2.35. The molecule has 0 unspecified atom stereocenters. The molecule has 1 saturated carbocycles. The first kappa shape index (κ1) is 16.0. The van der Waals surface area contributed by atoms with E-state index in [2.05, 4.69) is 5.32 Å². The molecule has 3 nitrogen and oxygen atoms in total. The fourth-order valence-electron chi connectivity index (χ4n) is 2.94. The molecule has 0 aliphatic heterocycles. The highest BCUT2D eigenvalue weighted by Crippen LogP contribution is 2.29. The summed E-state index contributed by atoms with van der Waals surface area (Å²) >= 11 is 0. The van der Waals surface area contributed by atoms with E-state index in [0.717, 1.165) is 5.56 Å². The van der Waals surface area contributed by atoms with E-state index in [1.165, 1.54) is 0 Å². The van der Waals surface area contributed by atoms with Gasteiger partial charge >= 0.3 is 5.97 Å². The second-order valence-corrected chi connectivity index (χ2v) is 5.68. The summed E-state index contributed by atoms with van der Waals surface area (Å²) in [5, 5.41) is 3.35. The van der Waals surface area contributed by atoms with Gasteiger partial charge in [-0.25, -0.2) is 4.39 Å². The van der Waals surface area contributed by atoms with Crippen molar-refractivity contribution in [3.8, 4) is 0 Å². The van der Waals surface area contributed by atoms with Gasteiger partial charge in [0, 0.05) is 12.1 Å². The van der Waals surface area contributed by atoms with Crippen LogP contribution in [0, 0.1) is 5.92 Å². The smallest absolute Gasteiger partial charge is 0.309 e. The molecule has 0 aromatic heterocycles. The Labute approximate surface area is 125 Å². The highest BCUT2D eigenvalue weighted by atomic mass is 19.1. The number of hydrogen-bond acceptors (Lipinski definition) is 3. The maximum Gasteiger partial charge on any atom is 0.309 e. The largest absolute Gasteiger partial charge is 0.466 e. The number of carbonyl (C=O) groups is 1. The van der Waals surface area contributed by atoms with Crippen LogP contribution in [0.5, 0.6) is 0 Å². The Balaban J connectivity index is 1.88. The van der Waals surface area contributed by atoms with Gasteiger partial charge in [0.1, 0.15) is 6.17 Å². The first-order valence-corrected chi connectivity index (χ1v) is 7.73. The molecule has 0 spiro atoms. The van der Waals surface area contributed by atoms with Crippen LogP contribution < -0.4 is 5.32 Å². The van der Waals surface area contributed by atoms with Gasteiger partial charge in [-0.1, -0.05) is 30.3 Å². The number of nitrogens with one attached hydrogen (secondary N) is 1. The lowest BCUT2D eigenvalue weighted by molar-refractivity contribution is -0.150. The van der Waals surface area contributed by atoms with Gasteiger partial charge in [-0.3, -0.25) is 4.79 Å². The zero-order valence-corrected chi connectivity index (χ0v) is 12.7. The lowest BCUT2D eigenvalue weighted by Crippen LogP contribution is -2.44. The summed E-state index contributed by atoms with van der Waals surface area (Å²) in [6, 6.07) is 9.93. The van der Waals surface area contributed by atoms with Gasteiger partial charge in [-0.2, -0.15) is 0 Å². The number of alkyl halides is 1. The third-order valence-electron chi connectivity index (χ3n) is 4.16. The average Bonchev–Trinajstić information content (AvgIpc) is 2.50. The molecule has 0 bridgehead atoms. The summed E-state index contributed by atoms with van der Waals surface area (Å²) in [6.07, 6.45) is 0.623. The molecule has 1 aliphatic carbocycles. The standard InChI is InChI=1S/C17H24FNO2/c1-3-21-17(20)14-9-10-16(15(18)11-14)19-12(2)13-7-5-4-6-8-13/h4-8,12,14-16,19H,3,9-11H2,1-2H3/t12-,14-,15+,16-/m1/s1. The summed E-state index contributed by atoms with van der Waals surface area (Å²) in [5.74, 6) is -0.542. The Morgan fingerprint density at radius 2 is 2.10 bits per heavy atom. The van der Waals surface area contributed by atoms with E-state index in [0.29, 0.717) is 19.4 Å². The molecular weight excluding hydrogens is 269 g/mol. The van der Waals surface area contributed by atoms with Crippen molar-refractivity contribution in [1.29, 1.82) is 0 Å². The molecule has 1 aromatic rings. The van der Waals surface area contributed by atoms with E-state index in [4.69, 9.17) is 4.74 Å². The number of halogens is 1. The minimum absolute atomic E-state index is 0.105. The summed E-state index contributed by atoms with van der Waals surface area (Å²) in [4.78, 5) is 11.7. The topological polar surface area (TPSA) is 38.3 Å². The van der Waals surface area contributed by atoms with E-state index in [1.54, 1.807) is 6.92 Å². The molecule has 1 fully saturated rings. The summed E-state index contributed by atoms with van der Waals surface area (Å²) < 4.78 is 19.3. The second-order valence-electron chi connectivity index (χ2n) is 5.68. The zero-order valence-electron chi connectivity index (χ0n) is 12.7. The van der Waals surface area contributed by atoms with Crippen LogP contribution in [0.2, 0.25) is 0 Å². The first-order valence-electron chi connectivity index (χ1n) is 7.73. The quantitative estimate of drug-likeness (QED) is 0.846. The van der Waals surface area contributed by atoms with Crippen LogP contribution >= 0.6 is 0 Å². The third-order valence-corrected chi connectivity index (χ3v) is 4.16. The van der Waals surface area contributed by atoms with E-state index in [-0.39, 0.29) is 30.4 Å². The van der Waals surface area contributed by atoms with Crippen LogP contribution in [0.3, 0.4) is 0 Å². The van der Waals surface area contributed by atoms with Crippen molar-refractivity contribution in [3.05, 3.63) is 35.9 Å². The van der Waals surface area contributed by atoms with Gasteiger partial charge in [0.15, 0.2) is 0 Å². The fraction of sp³-hybridized carbons (Fsp3) is 0.588. The predicted molar refractivity (Wildman–Crippen MR) is 80.7 cm³/mol. The molecular formula is C17H24FNO2. The molecule has 1 aliphatic rings. The Morgan fingerprint density at radius 3 is 2.71 bits per heavy atom. The summed E-state index contributed by atoms with van der Waals surface area (Å²) in [7, 11) is 0. The van der Waals surface area contributed by atoms with Crippen LogP contribution in [0.25, 0.3) is 0 Å². The van der Waals surface area contributed by atoms with Crippen LogP contribution in [0.15, 0.2) is 30.3 Å². The van der Waals surface area contributed by atoms with Crippen LogP contribution in [0.4, 0.5) is 4.39 Å². The van der Waals surface area contributed by atoms with Crippen LogP contribution in [0.1, 0.15) is 44.7 Å². The molecule has 0 saturated heterocycles. The van der Waals surface area contributed by atoms with Gasteiger partial charge in [0.05, 0.1) is 12.5 Å². The van der Waals surface area contributed by atoms with Crippen molar-refractivity contribution in [3.63, 3.8) is 0 Å². The van der Waals surface area contributed by atoms with Crippen molar-refractivity contribution in [1.82, 2.24) is 5.32 Å². The molecule has 116 valence electrons. The van der Waals surface area contributed by atoms with Gasteiger partial charge in [-0.15, -0.1) is 0 Å². The van der Waals surface area contributed by atoms with E-state index in [1.807, 2.05) is 37.3 Å². The minimum Gasteiger partial charge on any atom is -0.466 e. The summed E-state index contributed by atoms with van der Waals surface area (Å²) in [6.45, 7) is 4.18. The van der Waals surface area contributed by atoms with Crippen molar-refractivity contribution >= 4 is 5.97 Å². The van der Waals surface area contributed by atoms with E-state index in [9.17, 15) is 9.18 Å². The van der Waals surface area contributed by atoms with Gasteiger partial charge in [0.25, 0.3) is 0 Å². The fourth-order valence-corrected chi connectivity index (χ4v) is 2.94. The third kappa shape index (κ3) is 4.27. The predicted octanol–water partition coefficient (Wildman–Crippen LogP) is 3.41. The SMILES string of the molecule is CCOC(=O)[C@@H]1CC[C@@H](N[C@H](C)c2ccccc2)[C@@H](F)C1. The maximum atomic E-state index is 14.3. The number of rotatable bonds is 5. The van der Waals surface area contributed by atoms with Crippen molar-refractivity contribution in [2.75, 3.05) is 6.61 Å². The van der Waals surface area contributed by atoms with Crippen molar-refractivity contribution < 1.29 is 13.9 Å². The number of benzene rings is 1. The number of carbonyl (C=O) groups excluding carboxylic acids is 1. The van der Waals surface area contributed by atoms with Gasteiger partial charge in [0.2, 0.25) is 0 Å². The Bertz CT molecular complexity index is 451. The second kappa shape index (κ2) is 7.55. The Hall–Kier alpha value is -1.42. The van der Waals surface area contributed by atoms with Crippen LogP contribution in [-0.4, -0.2) is 24.8 Å². The monoisotopic (exact) mass is 293 g/mol. The zero-order chi connectivity index (χ0) is 15.2. The highest BCUT2D eigenvalue weighted by molar-refractivity contribution is 5.72. The maximum absolute atomic E-state index is 14.3. The summed E-state index contributed by atoms with van der Waals surface area (Å²) in [5.41, 5.74) is 1.15.